The second-order valence-electron chi connectivity index (χ2n) is 5.98. The van der Waals surface area contributed by atoms with Crippen LogP contribution in [-0.4, -0.2) is 37.5 Å². The predicted octanol–water partition coefficient (Wildman–Crippen LogP) is 3.18. The highest BCUT2D eigenvalue weighted by Gasteiger charge is 2.29. The highest BCUT2D eigenvalue weighted by molar-refractivity contribution is 7.15. The van der Waals surface area contributed by atoms with E-state index in [1.807, 2.05) is 24.8 Å². The molecule has 2 aromatic heterocycles. The van der Waals surface area contributed by atoms with Gasteiger partial charge in [0, 0.05) is 18.3 Å². The largest absolute Gasteiger partial charge is 0.329 e. The summed E-state index contributed by atoms with van der Waals surface area (Å²) < 4.78 is 0. The van der Waals surface area contributed by atoms with E-state index in [0.717, 1.165) is 36.4 Å². The summed E-state index contributed by atoms with van der Waals surface area (Å²) in [6.07, 6.45) is 5.13. The number of nitrogens with zero attached hydrogens (tertiary/aromatic N) is 5. The Bertz CT molecular complexity index is 774. The van der Waals surface area contributed by atoms with Crippen molar-refractivity contribution >= 4 is 28.2 Å². The standard InChI is InChI=1S/C17H22N6OS/c1-4-14-21-22-17(25-14)20-13-10-11(3)18-16(19-13)12-8-6-7-9-23(12)15(24)5-2/h5,10,12H,2,4,6-9H2,1,3H3,(H,18,19,20,22)/t12-/m0/s1. The number of nitrogens with one attached hydrogen (secondary N) is 1. The summed E-state index contributed by atoms with van der Waals surface area (Å²) in [4.78, 5) is 23.2. The Morgan fingerprint density at radius 1 is 1.44 bits per heavy atom. The molecule has 1 fully saturated rings. The third kappa shape index (κ3) is 4.01. The van der Waals surface area contributed by atoms with Gasteiger partial charge < -0.3 is 10.2 Å². The first-order valence-electron chi connectivity index (χ1n) is 8.48. The summed E-state index contributed by atoms with van der Waals surface area (Å²) in [7, 11) is 0. The number of aromatic nitrogens is 4. The third-order valence-electron chi connectivity index (χ3n) is 4.13. The molecule has 0 aromatic carbocycles. The van der Waals surface area contributed by atoms with E-state index >= 15 is 0 Å². The van der Waals surface area contributed by atoms with Gasteiger partial charge in [0.1, 0.15) is 10.8 Å². The summed E-state index contributed by atoms with van der Waals surface area (Å²) in [5.74, 6) is 1.27. The molecule has 0 radical (unpaired) electrons. The molecule has 1 amide bonds. The van der Waals surface area contributed by atoms with E-state index in [0.29, 0.717) is 23.3 Å². The molecule has 1 N–H and O–H groups in total. The number of likely N-dealkylation sites (tertiary alicyclic amines) is 1. The average molecular weight is 358 g/mol. The van der Waals surface area contributed by atoms with Crippen LogP contribution in [0.3, 0.4) is 0 Å². The molecule has 1 atom stereocenters. The zero-order valence-corrected chi connectivity index (χ0v) is 15.3. The maximum atomic E-state index is 12.2. The van der Waals surface area contributed by atoms with E-state index in [1.54, 1.807) is 0 Å². The van der Waals surface area contributed by atoms with Gasteiger partial charge in [-0.3, -0.25) is 4.79 Å². The zero-order valence-electron chi connectivity index (χ0n) is 14.5. The fraction of sp³-hybridized carbons (Fsp3) is 0.471. The van der Waals surface area contributed by atoms with Crippen LogP contribution in [0, 0.1) is 6.92 Å². The van der Waals surface area contributed by atoms with Crippen molar-refractivity contribution in [3.8, 4) is 0 Å². The summed E-state index contributed by atoms with van der Waals surface area (Å²) in [5, 5.41) is 13.1. The molecule has 1 aliphatic heterocycles. The van der Waals surface area contributed by atoms with Crippen LogP contribution in [0.4, 0.5) is 10.9 Å². The van der Waals surface area contributed by atoms with Gasteiger partial charge in [-0.05, 0) is 38.7 Å². The molecule has 3 heterocycles. The minimum Gasteiger partial charge on any atom is -0.329 e. The van der Waals surface area contributed by atoms with E-state index in [9.17, 15) is 4.79 Å². The van der Waals surface area contributed by atoms with Crippen LogP contribution in [0.5, 0.6) is 0 Å². The van der Waals surface area contributed by atoms with Crippen LogP contribution < -0.4 is 5.32 Å². The van der Waals surface area contributed by atoms with Gasteiger partial charge in [0.15, 0.2) is 5.82 Å². The SMILES string of the molecule is C=CC(=O)N1CCCC[C@H]1c1nc(C)cc(Nc2nnc(CC)s2)n1. The topological polar surface area (TPSA) is 83.9 Å². The van der Waals surface area contributed by atoms with Crippen LogP contribution >= 0.6 is 11.3 Å². The lowest BCUT2D eigenvalue weighted by atomic mass is 10.0. The Morgan fingerprint density at radius 3 is 3.00 bits per heavy atom. The Kier molecular flexibility index (Phi) is 5.37. The van der Waals surface area contributed by atoms with Crippen LogP contribution in [0.25, 0.3) is 0 Å². The van der Waals surface area contributed by atoms with Crippen molar-refractivity contribution in [2.75, 3.05) is 11.9 Å². The summed E-state index contributed by atoms with van der Waals surface area (Å²) in [6, 6.07) is 1.76. The Morgan fingerprint density at radius 2 is 2.28 bits per heavy atom. The summed E-state index contributed by atoms with van der Waals surface area (Å²) in [6.45, 7) is 8.30. The molecule has 2 aromatic rings. The second kappa shape index (κ2) is 7.69. The summed E-state index contributed by atoms with van der Waals surface area (Å²) >= 11 is 1.51. The van der Waals surface area contributed by atoms with Crippen molar-refractivity contribution in [1.82, 2.24) is 25.1 Å². The van der Waals surface area contributed by atoms with Crippen molar-refractivity contribution in [2.45, 2.75) is 45.6 Å². The first kappa shape index (κ1) is 17.5. The first-order chi connectivity index (χ1) is 12.1. The van der Waals surface area contributed by atoms with Crippen LogP contribution in [-0.2, 0) is 11.2 Å². The lowest BCUT2D eigenvalue weighted by Crippen LogP contribution is -2.38. The maximum absolute atomic E-state index is 12.2. The normalized spacial score (nSPS) is 17.4. The number of hydrogen-bond donors (Lipinski definition) is 1. The monoisotopic (exact) mass is 358 g/mol. The lowest BCUT2D eigenvalue weighted by molar-refractivity contribution is -0.129. The molecule has 0 spiro atoms. The number of carbonyl (C=O) groups excluding carboxylic acids is 1. The fourth-order valence-electron chi connectivity index (χ4n) is 2.94. The number of piperidine rings is 1. The van der Waals surface area contributed by atoms with Gasteiger partial charge in [-0.25, -0.2) is 9.97 Å². The van der Waals surface area contributed by atoms with Gasteiger partial charge in [-0.2, -0.15) is 0 Å². The van der Waals surface area contributed by atoms with Gasteiger partial charge in [-0.15, -0.1) is 10.2 Å². The average Bonchev–Trinajstić information content (AvgIpc) is 3.08. The van der Waals surface area contributed by atoms with Crippen LogP contribution in [0.1, 0.15) is 48.8 Å². The molecule has 0 bridgehead atoms. The molecule has 0 aliphatic carbocycles. The minimum atomic E-state index is -0.111. The van der Waals surface area contributed by atoms with Gasteiger partial charge in [-0.1, -0.05) is 24.8 Å². The van der Waals surface area contributed by atoms with Crippen molar-refractivity contribution in [1.29, 1.82) is 0 Å². The molecular weight excluding hydrogens is 336 g/mol. The minimum absolute atomic E-state index is 0.0685. The number of carbonyl (C=O) groups is 1. The van der Waals surface area contributed by atoms with Crippen LogP contribution in [0.2, 0.25) is 0 Å². The van der Waals surface area contributed by atoms with E-state index in [-0.39, 0.29) is 11.9 Å². The molecule has 3 rings (SSSR count). The molecule has 1 aliphatic rings. The quantitative estimate of drug-likeness (QED) is 0.827. The molecule has 7 nitrogen and oxygen atoms in total. The van der Waals surface area contributed by atoms with Crippen LogP contribution in [0.15, 0.2) is 18.7 Å². The number of anilines is 2. The number of amides is 1. The molecule has 132 valence electrons. The van der Waals surface area contributed by atoms with Gasteiger partial charge in [0.2, 0.25) is 11.0 Å². The Labute approximate surface area is 151 Å². The molecule has 0 saturated carbocycles. The predicted molar refractivity (Wildman–Crippen MR) is 97.8 cm³/mol. The summed E-state index contributed by atoms with van der Waals surface area (Å²) in [5.41, 5.74) is 0.851. The van der Waals surface area contributed by atoms with Crippen molar-refractivity contribution in [2.24, 2.45) is 0 Å². The molecule has 8 heteroatoms. The van der Waals surface area contributed by atoms with Gasteiger partial charge in [0.05, 0.1) is 6.04 Å². The van der Waals surface area contributed by atoms with Gasteiger partial charge >= 0.3 is 0 Å². The van der Waals surface area contributed by atoms with Crippen molar-refractivity contribution in [3.05, 3.63) is 35.2 Å². The van der Waals surface area contributed by atoms with E-state index in [4.69, 9.17) is 0 Å². The number of rotatable bonds is 5. The van der Waals surface area contributed by atoms with E-state index in [2.05, 4.69) is 32.1 Å². The van der Waals surface area contributed by atoms with Crippen molar-refractivity contribution < 1.29 is 4.79 Å². The first-order valence-corrected chi connectivity index (χ1v) is 9.30. The molecule has 25 heavy (non-hydrogen) atoms. The van der Waals surface area contributed by atoms with Crippen molar-refractivity contribution in [3.63, 3.8) is 0 Å². The Hall–Kier alpha value is -2.35. The van der Waals surface area contributed by atoms with E-state index in [1.165, 1.54) is 17.4 Å². The highest BCUT2D eigenvalue weighted by atomic mass is 32.1. The van der Waals surface area contributed by atoms with Gasteiger partial charge in [0.25, 0.3) is 0 Å². The smallest absolute Gasteiger partial charge is 0.246 e. The maximum Gasteiger partial charge on any atom is 0.246 e. The lowest BCUT2D eigenvalue weighted by Gasteiger charge is -2.34. The molecule has 1 saturated heterocycles. The number of hydrogen-bond acceptors (Lipinski definition) is 7. The second-order valence-corrected chi connectivity index (χ2v) is 7.04. The number of aryl methyl sites for hydroxylation is 2. The highest BCUT2D eigenvalue weighted by Crippen LogP contribution is 2.30. The third-order valence-corrected chi connectivity index (χ3v) is 5.12. The van der Waals surface area contributed by atoms with E-state index < -0.39 is 0 Å². The Balaban J connectivity index is 1.87. The fourth-order valence-corrected chi connectivity index (χ4v) is 3.63. The molecule has 0 unspecified atom stereocenters. The zero-order chi connectivity index (χ0) is 17.8. The molecular formula is C17H22N6OS.